The maximum absolute atomic E-state index is 13.0. The van der Waals surface area contributed by atoms with Crippen LogP contribution in [0.15, 0.2) is 34.3 Å². The number of rotatable bonds is 9. The normalized spacial score (nSPS) is 21.6. The summed E-state index contributed by atoms with van der Waals surface area (Å²) >= 11 is 1.39. The number of carbonyl (C=O) groups excluding carboxylic acids is 1. The quantitative estimate of drug-likeness (QED) is 0.452. The lowest BCUT2D eigenvalue weighted by atomic mass is 9.98. The molecule has 0 aliphatic carbocycles. The highest BCUT2D eigenvalue weighted by atomic mass is 32.2. The first kappa shape index (κ1) is 27.1. The van der Waals surface area contributed by atoms with Crippen LogP contribution in [0, 0.1) is 0 Å². The second-order valence-electron chi connectivity index (χ2n) is 9.66. The minimum Gasteiger partial charge on any atom is -0.383 e. The number of piperidine rings is 2. The smallest absolute Gasteiger partial charge is 0.243 e. The highest BCUT2D eigenvalue weighted by molar-refractivity contribution is 7.99. The lowest BCUT2D eigenvalue weighted by molar-refractivity contribution is -0.134. The van der Waals surface area contributed by atoms with Gasteiger partial charge in [-0.05, 0) is 70.2 Å². The monoisotopic (exact) mass is 535 g/mol. The summed E-state index contributed by atoms with van der Waals surface area (Å²) in [6.07, 6.45) is 6.11. The lowest BCUT2D eigenvalue weighted by Gasteiger charge is -2.39. The fourth-order valence-electron chi connectivity index (χ4n) is 5.14. The van der Waals surface area contributed by atoms with Crippen LogP contribution < -0.4 is 0 Å². The SMILES string of the molecule is COCCn1c(SCC(=O)N2[C@@H](C)CCC[C@@H]2C)nnc1-c1ccc(S(=O)(=O)N2CCCCC2)cc1. The maximum Gasteiger partial charge on any atom is 0.243 e. The molecule has 0 saturated carbocycles. The van der Waals surface area contributed by atoms with Crippen molar-refractivity contribution in [2.75, 3.05) is 32.6 Å². The zero-order valence-electron chi connectivity index (χ0n) is 21.4. The molecule has 0 N–H and O–H groups in total. The zero-order chi connectivity index (χ0) is 25.7. The number of hydrogen-bond donors (Lipinski definition) is 0. The van der Waals surface area contributed by atoms with Crippen LogP contribution in [0.4, 0.5) is 0 Å². The van der Waals surface area contributed by atoms with Crippen molar-refractivity contribution in [3.63, 3.8) is 0 Å². The third kappa shape index (κ3) is 5.95. The van der Waals surface area contributed by atoms with Gasteiger partial charge in [0, 0.05) is 37.8 Å². The molecule has 0 radical (unpaired) electrons. The second kappa shape index (κ2) is 12.1. The van der Waals surface area contributed by atoms with Gasteiger partial charge in [-0.25, -0.2) is 8.42 Å². The molecule has 11 heteroatoms. The van der Waals surface area contributed by atoms with Crippen molar-refractivity contribution in [1.82, 2.24) is 24.0 Å². The topological polar surface area (TPSA) is 97.6 Å². The lowest BCUT2D eigenvalue weighted by Crippen LogP contribution is -2.48. The molecule has 2 aromatic rings. The number of sulfonamides is 1. The summed E-state index contributed by atoms with van der Waals surface area (Å²) < 4.78 is 34.8. The van der Waals surface area contributed by atoms with Crippen molar-refractivity contribution >= 4 is 27.7 Å². The first-order valence-corrected chi connectivity index (χ1v) is 15.2. The van der Waals surface area contributed by atoms with Crippen molar-refractivity contribution in [2.45, 2.75) is 81.1 Å². The summed E-state index contributed by atoms with van der Waals surface area (Å²) in [4.78, 5) is 15.3. The summed E-state index contributed by atoms with van der Waals surface area (Å²) in [7, 11) is -1.86. The van der Waals surface area contributed by atoms with Gasteiger partial charge in [0.2, 0.25) is 15.9 Å². The fraction of sp³-hybridized carbons (Fsp3) is 0.640. The Morgan fingerprint density at radius 3 is 2.33 bits per heavy atom. The number of benzene rings is 1. The van der Waals surface area contributed by atoms with E-state index in [1.54, 1.807) is 35.7 Å². The number of amides is 1. The van der Waals surface area contributed by atoms with Gasteiger partial charge in [0.15, 0.2) is 11.0 Å². The zero-order valence-corrected chi connectivity index (χ0v) is 23.1. The molecule has 1 aromatic heterocycles. The molecular formula is C25H37N5O4S2. The number of methoxy groups -OCH3 is 1. The Balaban J connectivity index is 1.51. The van der Waals surface area contributed by atoms with Crippen LogP contribution in [0.1, 0.15) is 52.4 Å². The predicted molar refractivity (Wildman–Crippen MR) is 140 cm³/mol. The predicted octanol–water partition coefficient (Wildman–Crippen LogP) is 3.65. The molecule has 36 heavy (non-hydrogen) atoms. The van der Waals surface area contributed by atoms with Crippen LogP contribution in [-0.2, 0) is 26.1 Å². The van der Waals surface area contributed by atoms with Crippen molar-refractivity contribution in [2.24, 2.45) is 0 Å². The van der Waals surface area contributed by atoms with Crippen LogP contribution in [-0.4, -0.2) is 82.9 Å². The largest absolute Gasteiger partial charge is 0.383 e. The Morgan fingerprint density at radius 1 is 1.03 bits per heavy atom. The Bertz CT molecular complexity index is 1120. The number of ether oxygens (including phenoxy) is 1. The van der Waals surface area contributed by atoms with Gasteiger partial charge < -0.3 is 9.64 Å². The van der Waals surface area contributed by atoms with Crippen LogP contribution in [0.2, 0.25) is 0 Å². The van der Waals surface area contributed by atoms with E-state index in [1.165, 1.54) is 11.8 Å². The first-order valence-electron chi connectivity index (χ1n) is 12.8. The molecule has 198 valence electrons. The van der Waals surface area contributed by atoms with E-state index in [-0.39, 0.29) is 18.0 Å². The Kier molecular flexibility index (Phi) is 9.08. The molecule has 9 nitrogen and oxygen atoms in total. The highest BCUT2D eigenvalue weighted by Gasteiger charge is 2.29. The molecule has 2 saturated heterocycles. The average Bonchev–Trinajstić information content (AvgIpc) is 3.29. The minimum atomic E-state index is -3.49. The Hall–Kier alpha value is -1.95. The summed E-state index contributed by atoms with van der Waals surface area (Å²) in [5.74, 6) is 1.05. The molecule has 0 spiro atoms. The van der Waals surface area contributed by atoms with E-state index in [4.69, 9.17) is 4.74 Å². The molecule has 1 aromatic carbocycles. The van der Waals surface area contributed by atoms with E-state index >= 15 is 0 Å². The molecule has 0 bridgehead atoms. The molecule has 0 unspecified atom stereocenters. The summed E-state index contributed by atoms with van der Waals surface area (Å²) in [6.45, 7) is 6.38. The van der Waals surface area contributed by atoms with Gasteiger partial charge in [-0.1, -0.05) is 18.2 Å². The minimum absolute atomic E-state index is 0.120. The molecule has 2 fully saturated rings. The van der Waals surface area contributed by atoms with Crippen molar-refractivity contribution in [1.29, 1.82) is 0 Å². The van der Waals surface area contributed by atoms with Gasteiger partial charge in [-0.3, -0.25) is 9.36 Å². The van der Waals surface area contributed by atoms with E-state index in [0.717, 1.165) is 44.1 Å². The Morgan fingerprint density at radius 2 is 1.69 bits per heavy atom. The van der Waals surface area contributed by atoms with E-state index in [0.29, 0.717) is 47.9 Å². The third-order valence-corrected chi connectivity index (χ3v) is 9.97. The first-order chi connectivity index (χ1) is 17.3. The van der Waals surface area contributed by atoms with E-state index in [9.17, 15) is 13.2 Å². The molecule has 4 rings (SSSR count). The number of hydrogen-bond acceptors (Lipinski definition) is 7. The Labute approximate surface area is 218 Å². The average molecular weight is 536 g/mol. The summed E-state index contributed by atoms with van der Waals surface area (Å²) in [6, 6.07) is 7.35. The number of nitrogens with zero attached hydrogens (tertiary/aromatic N) is 5. The van der Waals surface area contributed by atoms with Crippen LogP contribution in [0.5, 0.6) is 0 Å². The van der Waals surface area contributed by atoms with E-state index in [1.807, 2.05) is 9.47 Å². The van der Waals surface area contributed by atoms with Gasteiger partial charge in [-0.15, -0.1) is 10.2 Å². The van der Waals surface area contributed by atoms with Crippen LogP contribution in [0.25, 0.3) is 11.4 Å². The van der Waals surface area contributed by atoms with Gasteiger partial charge in [0.1, 0.15) is 0 Å². The number of aromatic nitrogens is 3. The van der Waals surface area contributed by atoms with Crippen molar-refractivity contribution < 1.29 is 17.9 Å². The molecule has 2 aliphatic heterocycles. The molecule has 2 atom stereocenters. The van der Waals surface area contributed by atoms with Crippen LogP contribution >= 0.6 is 11.8 Å². The fourth-order valence-corrected chi connectivity index (χ4v) is 7.49. The van der Waals surface area contributed by atoms with Crippen molar-refractivity contribution in [3.8, 4) is 11.4 Å². The maximum atomic E-state index is 13.0. The highest BCUT2D eigenvalue weighted by Crippen LogP contribution is 2.28. The standard InChI is InChI=1S/C25H37N5O4S2/c1-19-8-7-9-20(2)30(19)23(31)18-35-25-27-26-24(29(25)16-17-34-3)21-10-12-22(13-11-21)36(32,33)28-14-5-4-6-15-28/h10-13,19-20H,4-9,14-18H2,1-3H3/t19-,20-/m0/s1. The van der Waals surface area contributed by atoms with Gasteiger partial charge in [-0.2, -0.15) is 4.31 Å². The number of carbonyl (C=O) groups is 1. The van der Waals surface area contributed by atoms with Gasteiger partial charge >= 0.3 is 0 Å². The molecule has 3 heterocycles. The second-order valence-corrected chi connectivity index (χ2v) is 12.5. The molecular weight excluding hydrogens is 498 g/mol. The van der Waals surface area contributed by atoms with E-state index < -0.39 is 10.0 Å². The van der Waals surface area contributed by atoms with Crippen molar-refractivity contribution in [3.05, 3.63) is 24.3 Å². The van der Waals surface area contributed by atoms with Gasteiger partial charge in [0.05, 0.1) is 23.8 Å². The third-order valence-electron chi connectivity index (χ3n) is 7.11. The van der Waals surface area contributed by atoms with Gasteiger partial charge in [0.25, 0.3) is 0 Å². The summed E-state index contributed by atoms with van der Waals surface area (Å²) in [5.41, 5.74) is 0.771. The molecule has 1 amide bonds. The number of thioether (sulfide) groups is 1. The number of likely N-dealkylation sites (tertiary alicyclic amines) is 1. The summed E-state index contributed by atoms with van der Waals surface area (Å²) in [5, 5.41) is 9.41. The van der Waals surface area contributed by atoms with E-state index in [2.05, 4.69) is 24.0 Å². The molecule has 2 aliphatic rings. The van der Waals surface area contributed by atoms with Crippen LogP contribution in [0.3, 0.4) is 0 Å².